The molecule has 0 bridgehead atoms. The zero-order chi connectivity index (χ0) is 14.0. The van der Waals surface area contributed by atoms with E-state index in [-0.39, 0.29) is 6.61 Å². The molecular formula is C16H22N2O. The van der Waals surface area contributed by atoms with Crippen LogP contribution in [-0.2, 0) is 6.61 Å². The van der Waals surface area contributed by atoms with Crippen LogP contribution in [0.2, 0.25) is 0 Å². The van der Waals surface area contributed by atoms with Crippen LogP contribution in [-0.4, -0.2) is 23.2 Å². The summed E-state index contributed by atoms with van der Waals surface area (Å²) in [4.78, 5) is 6.76. The fourth-order valence-electron chi connectivity index (χ4n) is 2.28. The third-order valence-corrected chi connectivity index (χ3v) is 3.94. The first-order valence-electron chi connectivity index (χ1n) is 6.76. The van der Waals surface area contributed by atoms with Crippen molar-refractivity contribution in [1.29, 1.82) is 0 Å². The van der Waals surface area contributed by atoms with Gasteiger partial charge in [0.05, 0.1) is 6.61 Å². The Bertz CT molecular complexity index is 566. The number of hydrogen-bond donors (Lipinski definition) is 1. The molecule has 0 aliphatic rings. The molecule has 3 heteroatoms. The monoisotopic (exact) mass is 258 g/mol. The van der Waals surface area contributed by atoms with Crippen molar-refractivity contribution in [3.63, 3.8) is 0 Å². The molecule has 0 radical (unpaired) electrons. The van der Waals surface area contributed by atoms with Gasteiger partial charge in [-0.2, -0.15) is 0 Å². The number of hydrogen-bond acceptors (Lipinski definition) is 3. The van der Waals surface area contributed by atoms with Gasteiger partial charge in [-0.1, -0.05) is 38.1 Å². The molecular weight excluding hydrogens is 236 g/mol. The van der Waals surface area contributed by atoms with Crippen LogP contribution in [0.15, 0.2) is 30.5 Å². The van der Waals surface area contributed by atoms with Gasteiger partial charge >= 0.3 is 0 Å². The normalized spacial score (nSPS) is 12.9. The molecule has 1 aromatic carbocycles. The number of benzene rings is 1. The highest BCUT2D eigenvalue weighted by atomic mass is 16.3. The molecule has 102 valence electrons. The highest BCUT2D eigenvalue weighted by molar-refractivity contribution is 5.94. The summed E-state index contributed by atoms with van der Waals surface area (Å²) < 4.78 is 0. The number of aliphatic hydroxyl groups excluding tert-OH is 1. The Balaban J connectivity index is 2.56. The summed E-state index contributed by atoms with van der Waals surface area (Å²) in [5.74, 6) is 1.54. The number of pyridine rings is 1. The summed E-state index contributed by atoms with van der Waals surface area (Å²) in [6, 6.07) is 8.54. The summed E-state index contributed by atoms with van der Waals surface area (Å²) in [5, 5.41) is 11.6. The van der Waals surface area contributed by atoms with Crippen LogP contribution >= 0.6 is 0 Å². The van der Waals surface area contributed by atoms with Crippen LogP contribution in [0.3, 0.4) is 0 Å². The predicted octanol–water partition coefficient (Wildman–Crippen LogP) is 3.21. The molecule has 2 rings (SSSR count). The van der Waals surface area contributed by atoms with E-state index in [4.69, 9.17) is 0 Å². The van der Waals surface area contributed by atoms with Crippen LogP contribution in [0.1, 0.15) is 26.3 Å². The maximum atomic E-state index is 9.41. The second kappa shape index (κ2) is 5.57. The van der Waals surface area contributed by atoms with Crippen molar-refractivity contribution in [1.82, 2.24) is 4.98 Å². The summed E-state index contributed by atoms with van der Waals surface area (Å²) in [5.41, 5.74) is 0.880. The van der Waals surface area contributed by atoms with Gasteiger partial charge < -0.3 is 10.0 Å². The van der Waals surface area contributed by atoms with Crippen molar-refractivity contribution in [2.75, 3.05) is 11.9 Å². The molecule has 1 aromatic heterocycles. The van der Waals surface area contributed by atoms with E-state index in [0.717, 1.165) is 22.2 Å². The number of anilines is 1. The maximum absolute atomic E-state index is 9.41. The van der Waals surface area contributed by atoms with Crippen molar-refractivity contribution in [3.05, 3.63) is 36.0 Å². The molecule has 0 spiro atoms. The standard InChI is InChI=1S/C16H22N2O/c1-11(2)12(3)18(4)16-15-8-6-5-7-14(15)13(10-19)9-17-16/h5-9,11-12,19H,10H2,1-4H3. The third kappa shape index (κ3) is 2.56. The van der Waals surface area contributed by atoms with E-state index in [1.54, 1.807) is 6.20 Å². The lowest BCUT2D eigenvalue weighted by molar-refractivity contribution is 0.283. The largest absolute Gasteiger partial charge is 0.392 e. The third-order valence-electron chi connectivity index (χ3n) is 3.94. The molecule has 0 amide bonds. The lowest BCUT2D eigenvalue weighted by atomic mass is 10.0. The van der Waals surface area contributed by atoms with Crippen molar-refractivity contribution in [2.24, 2.45) is 5.92 Å². The van der Waals surface area contributed by atoms with E-state index in [0.29, 0.717) is 12.0 Å². The van der Waals surface area contributed by atoms with E-state index in [1.807, 2.05) is 18.2 Å². The Labute approximate surface area is 114 Å². The van der Waals surface area contributed by atoms with E-state index < -0.39 is 0 Å². The lowest BCUT2D eigenvalue weighted by Crippen LogP contribution is -2.33. The maximum Gasteiger partial charge on any atom is 0.136 e. The fraction of sp³-hybridized carbons (Fsp3) is 0.438. The van der Waals surface area contributed by atoms with Crippen molar-refractivity contribution >= 4 is 16.6 Å². The minimum atomic E-state index is 0.0250. The Morgan fingerprint density at radius 3 is 2.37 bits per heavy atom. The minimum Gasteiger partial charge on any atom is -0.392 e. The first-order valence-corrected chi connectivity index (χ1v) is 6.76. The van der Waals surface area contributed by atoms with Gasteiger partial charge in [-0.05, 0) is 18.2 Å². The van der Waals surface area contributed by atoms with Crippen LogP contribution in [0.5, 0.6) is 0 Å². The smallest absolute Gasteiger partial charge is 0.136 e. The summed E-state index contributed by atoms with van der Waals surface area (Å²) in [6.07, 6.45) is 1.78. The van der Waals surface area contributed by atoms with Gasteiger partial charge in [0, 0.05) is 30.2 Å². The molecule has 1 heterocycles. The zero-order valence-electron chi connectivity index (χ0n) is 12.1. The number of rotatable bonds is 4. The van der Waals surface area contributed by atoms with Crippen molar-refractivity contribution in [2.45, 2.75) is 33.4 Å². The van der Waals surface area contributed by atoms with Gasteiger partial charge in [0.1, 0.15) is 5.82 Å². The van der Waals surface area contributed by atoms with Gasteiger partial charge in [-0.3, -0.25) is 0 Å². The zero-order valence-corrected chi connectivity index (χ0v) is 12.1. The average molecular weight is 258 g/mol. The second-order valence-corrected chi connectivity index (χ2v) is 5.41. The van der Waals surface area contributed by atoms with E-state index in [2.05, 4.69) is 43.8 Å². The average Bonchev–Trinajstić information content (AvgIpc) is 2.44. The molecule has 3 nitrogen and oxygen atoms in total. The Kier molecular flexibility index (Phi) is 4.05. The number of fused-ring (bicyclic) bond motifs is 1. The first kappa shape index (κ1) is 13.8. The number of aliphatic hydroxyl groups is 1. The topological polar surface area (TPSA) is 36.4 Å². The Morgan fingerprint density at radius 1 is 1.16 bits per heavy atom. The molecule has 0 aliphatic carbocycles. The summed E-state index contributed by atoms with van der Waals surface area (Å²) in [7, 11) is 2.08. The molecule has 0 fully saturated rings. The van der Waals surface area contributed by atoms with Crippen LogP contribution in [0, 0.1) is 5.92 Å². The van der Waals surface area contributed by atoms with Gasteiger partial charge in [0.25, 0.3) is 0 Å². The fourth-order valence-corrected chi connectivity index (χ4v) is 2.28. The first-order chi connectivity index (χ1) is 9.06. The van der Waals surface area contributed by atoms with Gasteiger partial charge in [0.15, 0.2) is 0 Å². The quantitative estimate of drug-likeness (QED) is 0.915. The molecule has 1 unspecified atom stereocenters. The van der Waals surface area contributed by atoms with Gasteiger partial charge in [-0.25, -0.2) is 4.98 Å². The molecule has 0 saturated carbocycles. The van der Waals surface area contributed by atoms with E-state index >= 15 is 0 Å². The highest BCUT2D eigenvalue weighted by Crippen LogP contribution is 2.28. The predicted molar refractivity (Wildman–Crippen MR) is 80.4 cm³/mol. The summed E-state index contributed by atoms with van der Waals surface area (Å²) in [6.45, 7) is 6.66. The van der Waals surface area contributed by atoms with Gasteiger partial charge in [0.2, 0.25) is 0 Å². The number of aromatic nitrogens is 1. The Hall–Kier alpha value is -1.61. The van der Waals surface area contributed by atoms with Crippen molar-refractivity contribution < 1.29 is 5.11 Å². The van der Waals surface area contributed by atoms with Crippen molar-refractivity contribution in [3.8, 4) is 0 Å². The van der Waals surface area contributed by atoms with Gasteiger partial charge in [-0.15, -0.1) is 0 Å². The Morgan fingerprint density at radius 2 is 1.79 bits per heavy atom. The molecule has 19 heavy (non-hydrogen) atoms. The molecule has 0 saturated heterocycles. The van der Waals surface area contributed by atoms with Crippen LogP contribution in [0.25, 0.3) is 10.8 Å². The van der Waals surface area contributed by atoms with E-state index in [1.165, 1.54) is 0 Å². The minimum absolute atomic E-state index is 0.0250. The molecule has 1 atom stereocenters. The summed E-state index contributed by atoms with van der Waals surface area (Å²) >= 11 is 0. The lowest BCUT2D eigenvalue weighted by Gasteiger charge is -2.30. The van der Waals surface area contributed by atoms with Crippen LogP contribution < -0.4 is 4.90 Å². The molecule has 0 aliphatic heterocycles. The number of nitrogens with zero attached hydrogens (tertiary/aromatic N) is 2. The molecule has 1 N–H and O–H groups in total. The highest BCUT2D eigenvalue weighted by Gasteiger charge is 2.17. The SMILES string of the molecule is CC(C)C(C)N(C)c1ncc(CO)c2ccccc12. The van der Waals surface area contributed by atoms with Crippen LogP contribution in [0.4, 0.5) is 5.82 Å². The van der Waals surface area contributed by atoms with E-state index in [9.17, 15) is 5.11 Å². The second-order valence-electron chi connectivity index (χ2n) is 5.41. The molecule has 2 aromatic rings.